The molecule has 0 saturated carbocycles. The molecule has 0 aromatic heterocycles. The van der Waals surface area contributed by atoms with E-state index in [1.165, 1.54) is 0 Å². The van der Waals surface area contributed by atoms with Gasteiger partial charge in [0.15, 0.2) is 11.5 Å². The van der Waals surface area contributed by atoms with Gasteiger partial charge in [0.25, 0.3) is 5.91 Å². The van der Waals surface area contributed by atoms with Gasteiger partial charge in [-0.2, -0.15) is 0 Å². The first kappa shape index (κ1) is 19.6. The van der Waals surface area contributed by atoms with Gasteiger partial charge < -0.3 is 19.5 Å². The van der Waals surface area contributed by atoms with Crippen LogP contribution in [0, 0.1) is 0 Å². The third-order valence-electron chi connectivity index (χ3n) is 3.76. The predicted octanol–water partition coefficient (Wildman–Crippen LogP) is 4.20. The van der Waals surface area contributed by atoms with E-state index in [4.69, 9.17) is 14.2 Å². The first-order valence-corrected chi connectivity index (χ1v) is 8.99. The molecule has 0 aliphatic rings. The van der Waals surface area contributed by atoms with Gasteiger partial charge in [-0.25, -0.2) is 0 Å². The van der Waals surface area contributed by atoms with E-state index >= 15 is 0 Å². The molecule has 0 heterocycles. The molecular formula is C21H27NO4. The molecule has 2 aromatic rings. The van der Waals surface area contributed by atoms with E-state index < -0.39 is 0 Å². The van der Waals surface area contributed by atoms with Crippen LogP contribution in [0.3, 0.4) is 0 Å². The van der Waals surface area contributed by atoms with Crippen LogP contribution in [0.1, 0.15) is 42.6 Å². The zero-order chi connectivity index (χ0) is 18.8. The number of hydrogen-bond donors (Lipinski definition) is 1. The van der Waals surface area contributed by atoms with E-state index in [0.717, 1.165) is 24.2 Å². The average Bonchev–Trinajstić information content (AvgIpc) is 2.69. The summed E-state index contributed by atoms with van der Waals surface area (Å²) >= 11 is 0. The summed E-state index contributed by atoms with van der Waals surface area (Å²) in [6.45, 7) is 5.67. The Labute approximate surface area is 155 Å². The quantitative estimate of drug-likeness (QED) is 0.692. The number of benzene rings is 2. The van der Waals surface area contributed by atoms with Crippen LogP contribution in [0.5, 0.6) is 17.2 Å². The van der Waals surface area contributed by atoms with Crippen LogP contribution in [0.2, 0.25) is 0 Å². The van der Waals surface area contributed by atoms with E-state index in [0.29, 0.717) is 36.8 Å². The minimum absolute atomic E-state index is 0.167. The largest absolute Gasteiger partial charge is 0.496 e. The maximum atomic E-state index is 12.5. The fourth-order valence-corrected chi connectivity index (χ4v) is 2.43. The van der Waals surface area contributed by atoms with Crippen molar-refractivity contribution >= 4 is 5.91 Å². The van der Waals surface area contributed by atoms with Crippen LogP contribution >= 0.6 is 0 Å². The van der Waals surface area contributed by atoms with Crippen LogP contribution in [-0.4, -0.2) is 26.2 Å². The summed E-state index contributed by atoms with van der Waals surface area (Å²) in [5, 5.41) is 2.92. The first-order chi connectivity index (χ1) is 12.7. The van der Waals surface area contributed by atoms with Crippen molar-refractivity contribution in [3.63, 3.8) is 0 Å². The standard InChI is InChI=1S/C21H27NO4/c1-4-12-25-19-11-10-16(14-20(19)26-13-5-2)21(23)22-15-17-8-6-7-9-18(17)24-3/h6-11,14H,4-5,12-13,15H2,1-3H3,(H,22,23). The Morgan fingerprint density at radius 3 is 2.31 bits per heavy atom. The molecular weight excluding hydrogens is 330 g/mol. The van der Waals surface area contributed by atoms with E-state index in [-0.39, 0.29) is 5.91 Å². The van der Waals surface area contributed by atoms with Crippen LogP contribution in [0.15, 0.2) is 42.5 Å². The number of nitrogens with one attached hydrogen (secondary N) is 1. The van der Waals surface area contributed by atoms with Crippen molar-refractivity contribution in [1.82, 2.24) is 5.32 Å². The molecule has 26 heavy (non-hydrogen) atoms. The highest BCUT2D eigenvalue weighted by molar-refractivity contribution is 5.94. The summed E-state index contributed by atoms with van der Waals surface area (Å²) in [5.41, 5.74) is 1.46. The van der Waals surface area contributed by atoms with E-state index in [1.807, 2.05) is 38.1 Å². The number of ether oxygens (including phenoxy) is 3. The lowest BCUT2D eigenvalue weighted by atomic mass is 10.1. The van der Waals surface area contributed by atoms with E-state index in [9.17, 15) is 4.79 Å². The molecule has 2 rings (SSSR count). The number of para-hydroxylation sites is 1. The summed E-state index contributed by atoms with van der Waals surface area (Å²) in [6, 6.07) is 12.9. The highest BCUT2D eigenvalue weighted by atomic mass is 16.5. The molecule has 0 aliphatic heterocycles. The minimum atomic E-state index is -0.167. The molecule has 0 unspecified atom stereocenters. The van der Waals surface area contributed by atoms with Gasteiger partial charge in [0, 0.05) is 17.7 Å². The topological polar surface area (TPSA) is 56.8 Å². The summed E-state index contributed by atoms with van der Waals surface area (Å²) < 4.78 is 16.8. The summed E-state index contributed by atoms with van der Waals surface area (Å²) in [7, 11) is 1.62. The van der Waals surface area contributed by atoms with Crippen molar-refractivity contribution < 1.29 is 19.0 Å². The Balaban J connectivity index is 2.09. The Hall–Kier alpha value is -2.69. The van der Waals surface area contributed by atoms with Crippen molar-refractivity contribution in [1.29, 1.82) is 0 Å². The Kier molecular flexibility index (Phi) is 7.80. The molecule has 0 aliphatic carbocycles. The van der Waals surface area contributed by atoms with Crippen molar-refractivity contribution in [3.8, 4) is 17.2 Å². The number of hydrogen-bond acceptors (Lipinski definition) is 4. The van der Waals surface area contributed by atoms with Gasteiger partial charge in [-0.1, -0.05) is 32.0 Å². The monoisotopic (exact) mass is 357 g/mol. The molecule has 140 valence electrons. The van der Waals surface area contributed by atoms with Crippen LogP contribution in [0.25, 0.3) is 0 Å². The molecule has 0 spiro atoms. The van der Waals surface area contributed by atoms with Crippen molar-refractivity contribution in [2.75, 3.05) is 20.3 Å². The molecule has 1 N–H and O–H groups in total. The average molecular weight is 357 g/mol. The highest BCUT2D eigenvalue weighted by Gasteiger charge is 2.12. The molecule has 2 aromatic carbocycles. The molecule has 0 radical (unpaired) electrons. The lowest BCUT2D eigenvalue weighted by Crippen LogP contribution is -2.23. The third-order valence-corrected chi connectivity index (χ3v) is 3.76. The highest BCUT2D eigenvalue weighted by Crippen LogP contribution is 2.29. The maximum Gasteiger partial charge on any atom is 0.251 e. The van der Waals surface area contributed by atoms with Crippen LogP contribution in [0.4, 0.5) is 0 Å². The second kappa shape index (κ2) is 10.3. The number of amides is 1. The van der Waals surface area contributed by atoms with Gasteiger partial charge in [0.05, 0.1) is 20.3 Å². The van der Waals surface area contributed by atoms with Gasteiger partial charge >= 0.3 is 0 Å². The SMILES string of the molecule is CCCOc1ccc(C(=O)NCc2ccccc2OC)cc1OCCC. The summed E-state index contributed by atoms with van der Waals surface area (Å²) in [5.74, 6) is 1.86. The molecule has 0 fully saturated rings. The smallest absolute Gasteiger partial charge is 0.251 e. The zero-order valence-corrected chi connectivity index (χ0v) is 15.7. The molecule has 0 saturated heterocycles. The van der Waals surface area contributed by atoms with Gasteiger partial charge in [0.2, 0.25) is 0 Å². The van der Waals surface area contributed by atoms with E-state index in [2.05, 4.69) is 5.32 Å². The van der Waals surface area contributed by atoms with Gasteiger partial charge in [-0.3, -0.25) is 4.79 Å². The molecule has 5 heteroatoms. The Bertz CT molecular complexity index is 715. The second-order valence-corrected chi connectivity index (χ2v) is 5.85. The summed E-state index contributed by atoms with van der Waals surface area (Å²) in [4.78, 5) is 12.5. The number of rotatable bonds is 10. The maximum absolute atomic E-state index is 12.5. The fourth-order valence-electron chi connectivity index (χ4n) is 2.43. The number of carbonyl (C=O) groups excluding carboxylic acids is 1. The Morgan fingerprint density at radius 1 is 0.923 bits per heavy atom. The normalized spacial score (nSPS) is 10.3. The van der Waals surface area contributed by atoms with Crippen LogP contribution in [-0.2, 0) is 6.54 Å². The predicted molar refractivity (Wildman–Crippen MR) is 102 cm³/mol. The Morgan fingerprint density at radius 2 is 1.62 bits per heavy atom. The molecule has 0 bridgehead atoms. The van der Waals surface area contributed by atoms with Crippen molar-refractivity contribution in [3.05, 3.63) is 53.6 Å². The minimum Gasteiger partial charge on any atom is -0.496 e. The van der Waals surface area contributed by atoms with Crippen LogP contribution < -0.4 is 19.5 Å². The second-order valence-electron chi connectivity index (χ2n) is 5.85. The van der Waals surface area contributed by atoms with Crippen molar-refractivity contribution in [2.45, 2.75) is 33.2 Å². The third kappa shape index (κ3) is 5.41. The molecule has 5 nitrogen and oxygen atoms in total. The van der Waals surface area contributed by atoms with Gasteiger partial charge in [0.1, 0.15) is 5.75 Å². The lowest BCUT2D eigenvalue weighted by Gasteiger charge is -2.14. The molecule has 0 atom stereocenters. The number of methoxy groups -OCH3 is 1. The van der Waals surface area contributed by atoms with Crippen molar-refractivity contribution in [2.24, 2.45) is 0 Å². The van der Waals surface area contributed by atoms with Gasteiger partial charge in [-0.15, -0.1) is 0 Å². The lowest BCUT2D eigenvalue weighted by molar-refractivity contribution is 0.0950. The number of carbonyl (C=O) groups is 1. The first-order valence-electron chi connectivity index (χ1n) is 8.99. The van der Waals surface area contributed by atoms with Gasteiger partial charge in [-0.05, 0) is 37.1 Å². The fraction of sp³-hybridized carbons (Fsp3) is 0.381. The zero-order valence-electron chi connectivity index (χ0n) is 15.7. The summed E-state index contributed by atoms with van der Waals surface area (Å²) in [6.07, 6.45) is 1.80. The van der Waals surface area contributed by atoms with E-state index in [1.54, 1.807) is 25.3 Å². The molecule has 1 amide bonds.